The van der Waals surface area contributed by atoms with Gasteiger partial charge >= 0.3 is 6.18 Å². The van der Waals surface area contributed by atoms with Crippen LogP contribution in [-0.2, 0) is 6.18 Å². The van der Waals surface area contributed by atoms with Crippen LogP contribution in [0.5, 0.6) is 0 Å². The number of fused-ring (bicyclic) bond motifs is 1. The van der Waals surface area contributed by atoms with E-state index in [0.29, 0.717) is 5.56 Å². The Hall–Kier alpha value is -4.24. The van der Waals surface area contributed by atoms with Crippen LogP contribution in [0, 0.1) is 11.3 Å². The first-order valence-corrected chi connectivity index (χ1v) is 11.6. The highest BCUT2D eigenvalue weighted by molar-refractivity contribution is 5.94. The second-order valence-corrected chi connectivity index (χ2v) is 8.81. The quantitative estimate of drug-likeness (QED) is 0.274. The minimum Gasteiger partial charge on any atom is -0.370 e. The highest BCUT2D eigenvalue weighted by Crippen LogP contribution is 2.35. The van der Waals surface area contributed by atoms with E-state index in [0.717, 1.165) is 43.2 Å². The lowest BCUT2D eigenvalue weighted by Crippen LogP contribution is -2.16. The molecule has 0 bridgehead atoms. The number of alkyl halides is 3. The van der Waals surface area contributed by atoms with Crippen molar-refractivity contribution in [2.75, 3.05) is 37.8 Å². The minimum atomic E-state index is -4.55. The summed E-state index contributed by atoms with van der Waals surface area (Å²) in [5.41, 5.74) is 0.922. The molecule has 4 rings (SSSR count). The number of halogens is 3. The summed E-state index contributed by atoms with van der Waals surface area (Å²) in [5.74, 6) is 0.999. The molecule has 3 N–H and O–H groups in total. The van der Waals surface area contributed by atoms with Crippen LogP contribution in [0.2, 0.25) is 0 Å². The van der Waals surface area contributed by atoms with Gasteiger partial charge in [0.05, 0.1) is 29.1 Å². The van der Waals surface area contributed by atoms with Crippen molar-refractivity contribution >= 4 is 22.8 Å². The number of aromatic nitrogens is 5. The first-order chi connectivity index (χ1) is 17.7. The number of hydrogen-bond acceptors (Lipinski definition) is 8. The number of nitrogens with one attached hydrogen (secondary N) is 3. The second kappa shape index (κ2) is 10.8. The van der Waals surface area contributed by atoms with E-state index in [1.165, 1.54) is 12.4 Å². The first-order valence-electron chi connectivity index (χ1n) is 11.6. The zero-order chi connectivity index (χ0) is 26.6. The number of rotatable bonds is 9. The van der Waals surface area contributed by atoms with Gasteiger partial charge in [-0.3, -0.25) is 0 Å². The lowest BCUT2D eigenvalue weighted by molar-refractivity contribution is -0.137. The number of anilines is 2. The van der Waals surface area contributed by atoms with Gasteiger partial charge in [-0.1, -0.05) is 6.07 Å². The standard InChI is InChI=1S/C25H26F3N9/c1-15(16-5-6-21(31-11-16)30-7-4-8-37(2)3)35-24-34-12-17(10-29)22(36-24)20-14-33-23-19(20)9-18(13-32-23)25(26,27)28/h5-6,9,11-15H,4,7-8H2,1-3H3,(H,30,31)(H,32,33)(H,34,35,36)/t15-/m1/s1. The summed E-state index contributed by atoms with van der Waals surface area (Å²) >= 11 is 0. The Bertz CT molecular complexity index is 1410. The number of nitriles is 1. The van der Waals surface area contributed by atoms with Crippen LogP contribution in [0.4, 0.5) is 24.9 Å². The lowest BCUT2D eigenvalue weighted by Gasteiger charge is -2.15. The first kappa shape index (κ1) is 25.8. The Morgan fingerprint density at radius 3 is 2.62 bits per heavy atom. The minimum absolute atomic E-state index is 0.128. The fourth-order valence-electron chi connectivity index (χ4n) is 3.75. The molecule has 0 aliphatic rings. The molecule has 4 heterocycles. The van der Waals surface area contributed by atoms with Crippen LogP contribution >= 0.6 is 0 Å². The van der Waals surface area contributed by atoms with Crippen LogP contribution in [0.15, 0.2) is 43.0 Å². The molecule has 4 aromatic heterocycles. The van der Waals surface area contributed by atoms with Gasteiger partial charge in [-0.05, 0) is 51.7 Å². The third-order valence-electron chi connectivity index (χ3n) is 5.74. The summed E-state index contributed by atoms with van der Waals surface area (Å²) in [7, 11) is 4.06. The van der Waals surface area contributed by atoms with Crippen LogP contribution in [0.3, 0.4) is 0 Å². The number of nitrogens with zero attached hydrogens (tertiary/aromatic N) is 6. The molecule has 12 heteroatoms. The van der Waals surface area contributed by atoms with Crippen molar-refractivity contribution in [3.8, 4) is 17.3 Å². The second-order valence-electron chi connectivity index (χ2n) is 8.81. The Balaban J connectivity index is 1.54. The molecular formula is C25H26F3N9. The molecule has 0 spiro atoms. The molecular weight excluding hydrogens is 483 g/mol. The van der Waals surface area contributed by atoms with Crippen molar-refractivity contribution in [3.63, 3.8) is 0 Å². The maximum atomic E-state index is 13.3. The Kier molecular flexibility index (Phi) is 7.54. The molecule has 9 nitrogen and oxygen atoms in total. The molecule has 0 aromatic carbocycles. The van der Waals surface area contributed by atoms with Gasteiger partial charge < -0.3 is 20.5 Å². The zero-order valence-electron chi connectivity index (χ0n) is 20.6. The summed E-state index contributed by atoms with van der Waals surface area (Å²) in [6, 6.07) is 6.61. The number of pyridine rings is 2. The average Bonchev–Trinajstić information content (AvgIpc) is 3.29. The van der Waals surface area contributed by atoms with E-state index in [9.17, 15) is 18.4 Å². The highest BCUT2D eigenvalue weighted by atomic mass is 19.4. The van der Waals surface area contributed by atoms with Crippen LogP contribution in [0.25, 0.3) is 22.3 Å². The summed E-state index contributed by atoms with van der Waals surface area (Å²) < 4.78 is 39.8. The van der Waals surface area contributed by atoms with Gasteiger partial charge in [-0.2, -0.15) is 18.4 Å². The molecule has 0 unspecified atom stereocenters. The predicted molar refractivity (Wildman–Crippen MR) is 135 cm³/mol. The van der Waals surface area contributed by atoms with E-state index in [-0.39, 0.29) is 34.3 Å². The monoisotopic (exact) mass is 509 g/mol. The van der Waals surface area contributed by atoms with E-state index in [1.54, 1.807) is 6.20 Å². The molecule has 0 saturated heterocycles. The lowest BCUT2D eigenvalue weighted by atomic mass is 10.1. The molecule has 0 aliphatic heterocycles. The van der Waals surface area contributed by atoms with E-state index >= 15 is 0 Å². The van der Waals surface area contributed by atoms with Crippen molar-refractivity contribution in [3.05, 3.63) is 59.7 Å². The smallest absolute Gasteiger partial charge is 0.370 e. The number of H-pyrrole nitrogens is 1. The van der Waals surface area contributed by atoms with Gasteiger partial charge in [0.1, 0.15) is 17.5 Å². The summed E-state index contributed by atoms with van der Waals surface area (Å²) in [6.07, 6.45) is 1.80. The maximum absolute atomic E-state index is 13.3. The van der Waals surface area contributed by atoms with Gasteiger partial charge in [0.2, 0.25) is 5.95 Å². The Labute approximate surface area is 211 Å². The van der Waals surface area contributed by atoms with Crippen molar-refractivity contribution in [1.82, 2.24) is 29.8 Å². The largest absolute Gasteiger partial charge is 0.417 e. The van der Waals surface area contributed by atoms with Crippen LogP contribution < -0.4 is 10.6 Å². The molecule has 0 saturated carbocycles. The predicted octanol–water partition coefficient (Wildman–Crippen LogP) is 4.84. The topological polar surface area (TPSA) is 118 Å². The highest BCUT2D eigenvalue weighted by Gasteiger charge is 2.31. The summed E-state index contributed by atoms with van der Waals surface area (Å²) in [5, 5.41) is 16.3. The Morgan fingerprint density at radius 1 is 1.14 bits per heavy atom. The molecule has 0 amide bonds. The fourth-order valence-corrected chi connectivity index (χ4v) is 3.75. The van der Waals surface area contributed by atoms with Gasteiger partial charge in [0, 0.05) is 36.1 Å². The van der Waals surface area contributed by atoms with E-state index < -0.39 is 11.7 Å². The molecule has 4 aromatic rings. The molecule has 0 fully saturated rings. The number of hydrogen-bond donors (Lipinski definition) is 3. The molecule has 0 radical (unpaired) electrons. The molecule has 0 aliphatic carbocycles. The Morgan fingerprint density at radius 2 is 1.95 bits per heavy atom. The van der Waals surface area contributed by atoms with Crippen molar-refractivity contribution in [2.45, 2.75) is 25.6 Å². The molecule has 192 valence electrons. The average molecular weight is 510 g/mol. The van der Waals surface area contributed by atoms with Gasteiger partial charge in [0.15, 0.2) is 0 Å². The van der Waals surface area contributed by atoms with Gasteiger partial charge in [-0.25, -0.2) is 19.9 Å². The van der Waals surface area contributed by atoms with E-state index in [1.807, 2.05) is 39.2 Å². The van der Waals surface area contributed by atoms with E-state index in [4.69, 9.17) is 0 Å². The summed E-state index contributed by atoms with van der Waals surface area (Å²) in [6.45, 7) is 3.71. The van der Waals surface area contributed by atoms with Crippen LogP contribution in [0.1, 0.15) is 36.1 Å². The molecule has 1 atom stereocenters. The fraction of sp³-hybridized carbons (Fsp3) is 0.320. The van der Waals surface area contributed by atoms with Crippen molar-refractivity contribution < 1.29 is 13.2 Å². The van der Waals surface area contributed by atoms with Crippen molar-refractivity contribution in [1.29, 1.82) is 5.26 Å². The van der Waals surface area contributed by atoms with Gasteiger partial charge in [-0.15, -0.1) is 0 Å². The van der Waals surface area contributed by atoms with Crippen LogP contribution in [-0.4, -0.2) is 57.0 Å². The normalized spacial score (nSPS) is 12.5. The van der Waals surface area contributed by atoms with E-state index in [2.05, 4.69) is 40.5 Å². The SMILES string of the molecule is C[C@@H](Nc1ncc(C#N)c(-c2c[nH]c3ncc(C(F)(F)F)cc23)n1)c1ccc(NCCCN(C)C)nc1. The molecule has 37 heavy (non-hydrogen) atoms. The maximum Gasteiger partial charge on any atom is 0.417 e. The van der Waals surface area contributed by atoms with Gasteiger partial charge in [0.25, 0.3) is 0 Å². The zero-order valence-corrected chi connectivity index (χ0v) is 20.6. The third-order valence-corrected chi connectivity index (χ3v) is 5.74. The summed E-state index contributed by atoms with van der Waals surface area (Å²) in [4.78, 5) is 22.0. The number of aromatic amines is 1. The van der Waals surface area contributed by atoms with Crippen molar-refractivity contribution in [2.24, 2.45) is 0 Å². The third kappa shape index (κ3) is 6.13.